The monoisotopic (exact) mass is 253 g/mol. The molecule has 1 unspecified atom stereocenters. The molecular weight excluding hydrogens is 234 g/mol. The Morgan fingerprint density at radius 3 is 2.71 bits per heavy atom. The summed E-state index contributed by atoms with van der Waals surface area (Å²) in [5.74, 6) is 1.73. The molecule has 94 valence electrons. The van der Waals surface area contributed by atoms with E-state index in [9.17, 15) is 0 Å². The first-order valence-electron chi connectivity index (χ1n) is 6.05. The molecule has 17 heavy (non-hydrogen) atoms. The van der Waals surface area contributed by atoms with E-state index >= 15 is 0 Å². The van der Waals surface area contributed by atoms with E-state index in [4.69, 9.17) is 5.73 Å². The number of nitrogens with two attached hydrogens (primary N) is 1. The summed E-state index contributed by atoms with van der Waals surface area (Å²) >= 11 is 1.63. The molecule has 0 amide bonds. The summed E-state index contributed by atoms with van der Waals surface area (Å²) in [6, 6.07) is 0. The number of hydrogen-bond acceptors (Lipinski definition) is 5. The normalized spacial score (nSPS) is 13.7. The molecule has 2 aromatic heterocycles. The van der Waals surface area contributed by atoms with Gasteiger partial charge in [-0.25, -0.2) is 0 Å². The second kappa shape index (κ2) is 5.10. The van der Waals surface area contributed by atoms with Crippen molar-refractivity contribution in [3.63, 3.8) is 0 Å². The van der Waals surface area contributed by atoms with E-state index in [-0.39, 0.29) is 0 Å². The average Bonchev–Trinajstić information content (AvgIpc) is 2.83. The van der Waals surface area contributed by atoms with Crippen LogP contribution in [0.5, 0.6) is 0 Å². The maximum atomic E-state index is 5.53. The summed E-state index contributed by atoms with van der Waals surface area (Å²) in [7, 11) is 0. The van der Waals surface area contributed by atoms with Gasteiger partial charge in [0.2, 0.25) is 4.96 Å². The predicted octanol–water partition coefficient (Wildman–Crippen LogP) is 2.15. The van der Waals surface area contributed by atoms with Crippen LogP contribution in [0.15, 0.2) is 0 Å². The van der Waals surface area contributed by atoms with Crippen LogP contribution in [0.3, 0.4) is 0 Å². The van der Waals surface area contributed by atoms with E-state index in [0.29, 0.717) is 11.8 Å². The molecule has 5 nitrogen and oxygen atoms in total. The molecule has 6 heteroatoms. The Morgan fingerprint density at radius 2 is 2.06 bits per heavy atom. The van der Waals surface area contributed by atoms with Crippen molar-refractivity contribution >= 4 is 16.3 Å². The second-order valence-electron chi connectivity index (χ2n) is 4.68. The van der Waals surface area contributed by atoms with Gasteiger partial charge in [0.25, 0.3) is 0 Å². The number of aromatic nitrogens is 4. The quantitative estimate of drug-likeness (QED) is 0.886. The highest BCUT2D eigenvalue weighted by Crippen LogP contribution is 2.26. The van der Waals surface area contributed by atoms with Crippen molar-refractivity contribution in [2.24, 2.45) is 5.73 Å². The fraction of sp³-hybridized carbons (Fsp3) is 0.727. The summed E-state index contributed by atoms with van der Waals surface area (Å²) in [4.78, 5) is 0.892. The van der Waals surface area contributed by atoms with Gasteiger partial charge in [-0.05, 0) is 19.4 Å². The van der Waals surface area contributed by atoms with Crippen LogP contribution in [-0.2, 0) is 0 Å². The van der Waals surface area contributed by atoms with Gasteiger partial charge in [0.05, 0.1) is 0 Å². The molecular formula is C11H19N5S. The van der Waals surface area contributed by atoms with Crippen molar-refractivity contribution in [2.75, 3.05) is 6.54 Å². The fourth-order valence-electron chi connectivity index (χ4n) is 1.75. The lowest BCUT2D eigenvalue weighted by atomic mass is 10.1. The first kappa shape index (κ1) is 12.4. The topological polar surface area (TPSA) is 69.1 Å². The van der Waals surface area contributed by atoms with E-state index in [1.165, 1.54) is 0 Å². The second-order valence-corrected chi connectivity index (χ2v) is 5.67. The maximum Gasteiger partial charge on any atom is 0.234 e. The summed E-state index contributed by atoms with van der Waals surface area (Å²) in [5.41, 5.74) is 5.53. The smallest absolute Gasteiger partial charge is 0.234 e. The first-order chi connectivity index (χ1) is 8.13. The predicted molar refractivity (Wildman–Crippen MR) is 69.5 cm³/mol. The lowest BCUT2D eigenvalue weighted by Gasteiger charge is -2.05. The van der Waals surface area contributed by atoms with Crippen molar-refractivity contribution < 1.29 is 0 Å². The third-order valence-corrected chi connectivity index (χ3v) is 3.94. The van der Waals surface area contributed by atoms with Gasteiger partial charge >= 0.3 is 0 Å². The Labute approximate surface area is 105 Å². The van der Waals surface area contributed by atoms with Crippen molar-refractivity contribution in [1.29, 1.82) is 0 Å². The first-order valence-corrected chi connectivity index (χ1v) is 6.87. The van der Waals surface area contributed by atoms with E-state index in [2.05, 4.69) is 36.1 Å². The van der Waals surface area contributed by atoms with Crippen LogP contribution in [0.4, 0.5) is 0 Å². The molecule has 2 N–H and O–H groups in total. The lowest BCUT2D eigenvalue weighted by Crippen LogP contribution is -2.03. The highest BCUT2D eigenvalue weighted by molar-refractivity contribution is 7.16. The minimum Gasteiger partial charge on any atom is -0.330 e. The summed E-state index contributed by atoms with van der Waals surface area (Å²) < 4.78 is 1.88. The van der Waals surface area contributed by atoms with Crippen LogP contribution in [-0.4, -0.2) is 26.4 Å². The zero-order valence-corrected chi connectivity index (χ0v) is 11.4. The molecule has 0 aliphatic heterocycles. The molecule has 2 rings (SSSR count). The van der Waals surface area contributed by atoms with Gasteiger partial charge in [-0.15, -0.1) is 10.2 Å². The number of hydrogen-bond donors (Lipinski definition) is 1. The zero-order valence-electron chi connectivity index (χ0n) is 10.6. The fourth-order valence-corrected chi connectivity index (χ4v) is 2.68. The molecule has 0 bridgehead atoms. The number of nitrogens with zero attached hydrogens (tertiary/aromatic N) is 4. The molecule has 2 heterocycles. The van der Waals surface area contributed by atoms with Crippen LogP contribution in [0.1, 0.15) is 56.3 Å². The van der Waals surface area contributed by atoms with Crippen molar-refractivity contribution in [1.82, 2.24) is 19.8 Å². The summed E-state index contributed by atoms with van der Waals surface area (Å²) in [5, 5.41) is 14.1. The minimum absolute atomic E-state index is 0.347. The van der Waals surface area contributed by atoms with Gasteiger partial charge in [-0.1, -0.05) is 32.1 Å². The highest BCUT2D eigenvalue weighted by Gasteiger charge is 2.17. The third kappa shape index (κ3) is 2.47. The van der Waals surface area contributed by atoms with E-state index in [1.54, 1.807) is 11.3 Å². The minimum atomic E-state index is 0.347. The molecule has 0 spiro atoms. The molecule has 0 fully saturated rings. The van der Waals surface area contributed by atoms with Crippen LogP contribution in [0.2, 0.25) is 0 Å². The van der Waals surface area contributed by atoms with Gasteiger partial charge in [0.1, 0.15) is 5.01 Å². The maximum absolute atomic E-state index is 5.53. The molecule has 2 aromatic rings. The molecule has 0 aliphatic rings. The average molecular weight is 253 g/mol. The largest absolute Gasteiger partial charge is 0.330 e. The van der Waals surface area contributed by atoms with Crippen molar-refractivity contribution in [3.05, 3.63) is 10.8 Å². The van der Waals surface area contributed by atoms with Gasteiger partial charge in [0.15, 0.2) is 5.82 Å². The molecule has 1 atom stereocenters. The SMILES string of the molecule is CC(C)c1nnc2sc(C(C)CCCN)nn12. The van der Waals surface area contributed by atoms with Gasteiger partial charge < -0.3 is 5.73 Å². The Balaban J connectivity index is 2.25. The highest BCUT2D eigenvalue weighted by atomic mass is 32.1. The van der Waals surface area contributed by atoms with E-state index in [1.807, 2.05) is 4.52 Å². The number of rotatable bonds is 5. The van der Waals surface area contributed by atoms with Crippen LogP contribution in [0, 0.1) is 0 Å². The molecule has 0 radical (unpaired) electrons. The molecule has 0 saturated heterocycles. The lowest BCUT2D eigenvalue weighted by molar-refractivity contribution is 0.621. The van der Waals surface area contributed by atoms with Crippen molar-refractivity contribution in [2.45, 2.75) is 45.4 Å². The third-order valence-electron chi connectivity index (χ3n) is 2.81. The van der Waals surface area contributed by atoms with Crippen LogP contribution < -0.4 is 5.73 Å². The van der Waals surface area contributed by atoms with Crippen LogP contribution >= 0.6 is 11.3 Å². The Morgan fingerprint density at radius 1 is 1.29 bits per heavy atom. The van der Waals surface area contributed by atoms with E-state index in [0.717, 1.165) is 35.2 Å². The van der Waals surface area contributed by atoms with Crippen molar-refractivity contribution in [3.8, 4) is 0 Å². The standard InChI is InChI=1S/C11H19N5S/c1-7(2)9-13-14-11-16(9)15-10(17-11)8(3)5-4-6-12/h7-8H,4-6,12H2,1-3H3. The van der Waals surface area contributed by atoms with Gasteiger partial charge in [0, 0.05) is 11.8 Å². The Hall–Kier alpha value is -1.01. The molecule has 0 aromatic carbocycles. The van der Waals surface area contributed by atoms with Crippen LogP contribution in [0.25, 0.3) is 4.96 Å². The van der Waals surface area contributed by atoms with Gasteiger partial charge in [-0.3, -0.25) is 0 Å². The molecule has 0 aliphatic carbocycles. The number of fused-ring (bicyclic) bond motifs is 1. The summed E-state index contributed by atoms with van der Waals surface area (Å²) in [6.45, 7) is 7.14. The Bertz CT molecular complexity index is 487. The van der Waals surface area contributed by atoms with Gasteiger partial charge in [-0.2, -0.15) is 9.61 Å². The molecule has 0 saturated carbocycles. The Kier molecular flexibility index (Phi) is 3.73. The van der Waals surface area contributed by atoms with E-state index < -0.39 is 0 Å². The summed E-state index contributed by atoms with van der Waals surface area (Å²) in [6.07, 6.45) is 2.12. The zero-order chi connectivity index (χ0) is 12.4.